The number of rotatable bonds is 4. The number of hydrogen-bond donors (Lipinski definition) is 1. The van der Waals surface area contributed by atoms with Crippen LogP contribution >= 0.6 is 0 Å². The van der Waals surface area contributed by atoms with Crippen LogP contribution in [-0.2, 0) is 20.9 Å². The quantitative estimate of drug-likeness (QED) is 0.847. The molecule has 1 aliphatic heterocycles. The number of likely N-dealkylation sites (tertiary alicyclic amines) is 1. The van der Waals surface area contributed by atoms with E-state index in [2.05, 4.69) is 5.32 Å². The van der Waals surface area contributed by atoms with Crippen molar-refractivity contribution in [1.29, 1.82) is 0 Å². The van der Waals surface area contributed by atoms with Gasteiger partial charge in [0, 0.05) is 37.4 Å². The van der Waals surface area contributed by atoms with E-state index in [1.54, 1.807) is 25.4 Å². The largest absolute Gasteiger partial charge is 0.376 e. The van der Waals surface area contributed by atoms with Crippen LogP contribution in [0.4, 0.5) is 0 Å². The molecule has 1 aromatic heterocycles. The molecule has 0 bridgehead atoms. The number of fused-ring (bicyclic) bond motifs is 1. The fourth-order valence-corrected chi connectivity index (χ4v) is 4.36. The summed E-state index contributed by atoms with van der Waals surface area (Å²) in [6, 6.07) is 4.79. The Kier molecular flexibility index (Phi) is 5.66. The molecule has 0 unspecified atom stereocenters. The van der Waals surface area contributed by atoms with E-state index >= 15 is 0 Å². The predicted octanol–water partition coefficient (Wildman–Crippen LogP) is 1.55. The molecule has 1 saturated carbocycles. The number of pyridine rings is 1. The number of carbonyl (C=O) groups excluding carboxylic acids is 2. The minimum Gasteiger partial charge on any atom is -0.376 e. The van der Waals surface area contributed by atoms with Gasteiger partial charge in [0.25, 0.3) is 5.56 Å². The Labute approximate surface area is 166 Å². The highest BCUT2D eigenvalue weighted by atomic mass is 16.5. The van der Waals surface area contributed by atoms with E-state index in [4.69, 9.17) is 4.74 Å². The van der Waals surface area contributed by atoms with Crippen LogP contribution in [0.25, 0.3) is 0 Å². The minimum absolute atomic E-state index is 0.0212. The van der Waals surface area contributed by atoms with E-state index in [0.717, 1.165) is 19.3 Å². The molecule has 2 fully saturated rings. The number of hydrogen-bond acceptors (Lipinski definition) is 4. The maximum atomic E-state index is 13.0. The first-order valence-corrected chi connectivity index (χ1v) is 9.97. The van der Waals surface area contributed by atoms with Crippen LogP contribution in [-0.4, -0.2) is 52.6 Å². The molecule has 0 radical (unpaired) electrons. The van der Waals surface area contributed by atoms with Gasteiger partial charge >= 0.3 is 0 Å². The molecule has 2 heterocycles. The molecule has 1 N–H and O–H groups in total. The van der Waals surface area contributed by atoms with E-state index < -0.39 is 5.41 Å². The van der Waals surface area contributed by atoms with Gasteiger partial charge in [0.1, 0.15) is 6.54 Å². The summed E-state index contributed by atoms with van der Waals surface area (Å²) in [5.41, 5.74) is -0.998. The Morgan fingerprint density at radius 1 is 1.29 bits per heavy atom. The standard InChI is InChI=1S/C21H31N3O4/c1-20(2,3)19(27)22-15-8-9-21(28-4)10-12-24(16(21)13-15)18(26)14-23-11-6-5-7-17(23)25/h5-7,11,15-16H,8-10,12-14H2,1-4H3,(H,22,27)/t15-,16+,21-/m1/s1. The molecule has 154 valence electrons. The molecule has 3 atom stereocenters. The maximum Gasteiger partial charge on any atom is 0.250 e. The summed E-state index contributed by atoms with van der Waals surface area (Å²) in [5, 5.41) is 3.14. The maximum absolute atomic E-state index is 13.0. The molecule has 3 rings (SSSR count). The zero-order valence-electron chi connectivity index (χ0n) is 17.2. The number of aromatic nitrogens is 1. The molecule has 7 nitrogen and oxygen atoms in total. The van der Waals surface area contributed by atoms with Crippen LogP contribution in [0.15, 0.2) is 29.2 Å². The van der Waals surface area contributed by atoms with E-state index in [1.807, 2.05) is 25.7 Å². The molecule has 1 aliphatic carbocycles. The second kappa shape index (κ2) is 7.70. The second-order valence-corrected chi connectivity index (χ2v) is 8.98. The number of ether oxygens (including phenoxy) is 1. The topological polar surface area (TPSA) is 80.6 Å². The van der Waals surface area contributed by atoms with Crippen LogP contribution in [0.1, 0.15) is 46.5 Å². The SMILES string of the molecule is CO[C@@]12CC[C@@H](NC(=O)C(C)(C)C)C[C@@H]1N(C(=O)Cn1ccccc1=O)CC2. The molecule has 7 heteroatoms. The van der Waals surface area contributed by atoms with Gasteiger partial charge < -0.3 is 19.5 Å². The van der Waals surface area contributed by atoms with Gasteiger partial charge in [0.05, 0.1) is 11.6 Å². The molecular weight excluding hydrogens is 358 g/mol. The lowest BCUT2D eigenvalue weighted by molar-refractivity contribution is -0.139. The molecule has 28 heavy (non-hydrogen) atoms. The van der Waals surface area contributed by atoms with Crippen molar-refractivity contribution in [1.82, 2.24) is 14.8 Å². The van der Waals surface area contributed by atoms with Gasteiger partial charge in [-0.05, 0) is 31.7 Å². The van der Waals surface area contributed by atoms with E-state index in [9.17, 15) is 14.4 Å². The first kappa shape index (κ1) is 20.6. The molecular formula is C21H31N3O4. The first-order chi connectivity index (χ1) is 13.2. The summed E-state index contributed by atoms with van der Waals surface area (Å²) in [4.78, 5) is 39.2. The van der Waals surface area contributed by atoms with E-state index in [0.29, 0.717) is 13.0 Å². The van der Waals surface area contributed by atoms with E-state index in [1.165, 1.54) is 10.6 Å². The Morgan fingerprint density at radius 2 is 2.04 bits per heavy atom. The molecule has 2 amide bonds. The zero-order valence-corrected chi connectivity index (χ0v) is 17.2. The van der Waals surface area contributed by atoms with Crippen LogP contribution in [0.5, 0.6) is 0 Å². The Morgan fingerprint density at radius 3 is 2.68 bits per heavy atom. The summed E-state index contributed by atoms with van der Waals surface area (Å²) < 4.78 is 7.33. The number of carbonyl (C=O) groups is 2. The van der Waals surface area contributed by atoms with Crippen LogP contribution in [0.3, 0.4) is 0 Å². The third kappa shape index (κ3) is 3.99. The van der Waals surface area contributed by atoms with Crippen molar-refractivity contribution in [2.24, 2.45) is 5.41 Å². The van der Waals surface area contributed by atoms with Gasteiger partial charge in [0.2, 0.25) is 11.8 Å². The molecule has 0 spiro atoms. The summed E-state index contributed by atoms with van der Waals surface area (Å²) >= 11 is 0. The smallest absolute Gasteiger partial charge is 0.250 e. The number of methoxy groups -OCH3 is 1. The highest BCUT2D eigenvalue weighted by Crippen LogP contribution is 2.42. The van der Waals surface area contributed by atoms with Crippen molar-refractivity contribution in [2.75, 3.05) is 13.7 Å². The fraction of sp³-hybridized carbons (Fsp3) is 0.667. The Hall–Kier alpha value is -2.15. The van der Waals surface area contributed by atoms with Crippen LogP contribution in [0.2, 0.25) is 0 Å². The normalized spacial score (nSPS) is 27.4. The minimum atomic E-state index is -0.449. The highest BCUT2D eigenvalue weighted by Gasteiger charge is 2.52. The van der Waals surface area contributed by atoms with Crippen molar-refractivity contribution in [3.8, 4) is 0 Å². The van der Waals surface area contributed by atoms with Crippen molar-refractivity contribution < 1.29 is 14.3 Å². The molecule has 2 aliphatic rings. The highest BCUT2D eigenvalue weighted by molar-refractivity contribution is 5.81. The second-order valence-electron chi connectivity index (χ2n) is 8.98. The van der Waals surface area contributed by atoms with Crippen LogP contribution in [0, 0.1) is 5.41 Å². The summed E-state index contributed by atoms with van der Waals surface area (Å²) in [6.07, 6.45) is 4.73. The van der Waals surface area contributed by atoms with Crippen molar-refractivity contribution in [3.63, 3.8) is 0 Å². The average Bonchev–Trinajstić information content (AvgIpc) is 3.02. The van der Waals surface area contributed by atoms with Gasteiger partial charge in [-0.25, -0.2) is 0 Å². The Bertz CT molecular complexity index is 797. The van der Waals surface area contributed by atoms with Gasteiger partial charge in [-0.15, -0.1) is 0 Å². The lowest BCUT2D eigenvalue weighted by Crippen LogP contribution is -2.57. The average molecular weight is 389 g/mol. The first-order valence-electron chi connectivity index (χ1n) is 9.97. The van der Waals surface area contributed by atoms with Gasteiger partial charge in [-0.2, -0.15) is 0 Å². The summed E-state index contributed by atoms with van der Waals surface area (Å²) in [6.45, 7) is 6.32. The number of amides is 2. The molecule has 1 aromatic rings. The Balaban J connectivity index is 1.74. The predicted molar refractivity (Wildman–Crippen MR) is 106 cm³/mol. The van der Waals surface area contributed by atoms with Crippen molar-refractivity contribution in [2.45, 2.75) is 70.7 Å². The zero-order chi connectivity index (χ0) is 20.5. The molecule has 1 saturated heterocycles. The lowest BCUT2D eigenvalue weighted by atomic mass is 9.77. The monoisotopic (exact) mass is 389 g/mol. The van der Waals surface area contributed by atoms with Crippen molar-refractivity contribution in [3.05, 3.63) is 34.7 Å². The fourth-order valence-electron chi connectivity index (χ4n) is 4.36. The third-order valence-electron chi connectivity index (χ3n) is 6.13. The van der Waals surface area contributed by atoms with Crippen LogP contribution < -0.4 is 10.9 Å². The summed E-state index contributed by atoms with van der Waals surface area (Å²) in [5.74, 6) is -0.0610. The van der Waals surface area contributed by atoms with Gasteiger partial charge in [-0.3, -0.25) is 14.4 Å². The number of nitrogens with zero attached hydrogens (tertiary/aromatic N) is 2. The number of nitrogens with one attached hydrogen (secondary N) is 1. The van der Waals surface area contributed by atoms with E-state index in [-0.39, 0.29) is 41.6 Å². The van der Waals surface area contributed by atoms with Crippen molar-refractivity contribution >= 4 is 11.8 Å². The van der Waals surface area contributed by atoms with Gasteiger partial charge in [-0.1, -0.05) is 26.8 Å². The third-order valence-corrected chi connectivity index (χ3v) is 6.13. The lowest BCUT2D eigenvalue weighted by Gasteiger charge is -2.44. The molecule has 0 aromatic carbocycles. The summed E-state index contributed by atoms with van der Waals surface area (Å²) in [7, 11) is 1.71. The van der Waals surface area contributed by atoms with Gasteiger partial charge in [0.15, 0.2) is 0 Å².